The Labute approximate surface area is 165 Å². The molecule has 0 amide bonds. The molecule has 0 aliphatic rings. The van der Waals surface area contributed by atoms with Gasteiger partial charge in [-0.05, 0) is 50.5 Å². The fourth-order valence-electron chi connectivity index (χ4n) is 4.10. The maximum atomic E-state index is 2.38. The minimum Gasteiger partial charge on any atom is -0.0652 e. The van der Waals surface area contributed by atoms with Gasteiger partial charge in [0.15, 0.2) is 0 Å². The van der Waals surface area contributed by atoms with Crippen LogP contribution in [0, 0.1) is 0 Å². The van der Waals surface area contributed by atoms with Crippen LogP contribution in [0.2, 0.25) is 0 Å². The fourth-order valence-corrected chi connectivity index (χ4v) is 9.30. The Morgan fingerprint density at radius 3 is 1.54 bits per heavy atom. The summed E-state index contributed by atoms with van der Waals surface area (Å²) in [5, 5.41) is 0. The summed E-state index contributed by atoms with van der Waals surface area (Å²) in [7, 11) is -0.649. The molecule has 150 valence electrons. The second kappa shape index (κ2) is 15.7. The third kappa shape index (κ3) is 10.7. The molecule has 1 aromatic rings. The van der Waals surface area contributed by atoms with E-state index in [1.165, 1.54) is 82.6 Å². The van der Waals surface area contributed by atoms with Crippen molar-refractivity contribution in [3.05, 3.63) is 35.9 Å². The second-order valence-electron chi connectivity index (χ2n) is 8.30. The van der Waals surface area contributed by atoms with Crippen LogP contribution in [0.3, 0.4) is 0 Å². The largest absolute Gasteiger partial charge is 0.0652 e. The molecule has 0 aromatic heterocycles. The molecule has 0 atom stereocenters. The van der Waals surface area contributed by atoms with Crippen LogP contribution < -0.4 is 0 Å². The highest BCUT2D eigenvalue weighted by Gasteiger charge is 2.34. The molecule has 26 heavy (non-hydrogen) atoms. The minimum absolute atomic E-state index is 0.649. The Balaban J connectivity index is 2.29. The molecule has 0 radical (unpaired) electrons. The molecular formula is C25H46P+. The lowest BCUT2D eigenvalue weighted by Crippen LogP contribution is -2.13. The monoisotopic (exact) mass is 377 g/mol. The van der Waals surface area contributed by atoms with Crippen LogP contribution in [0.15, 0.2) is 30.3 Å². The summed E-state index contributed by atoms with van der Waals surface area (Å²) in [6, 6.07) is 11.0. The van der Waals surface area contributed by atoms with Gasteiger partial charge >= 0.3 is 0 Å². The topological polar surface area (TPSA) is 0 Å². The van der Waals surface area contributed by atoms with E-state index in [9.17, 15) is 0 Å². The van der Waals surface area contributed by atoms with Gasteiger partial charge in [0.2, 0.25) is 0 Å². The molecular weight excluding hydrogens is 331 g/mol. The van der Waals surface area contributed by atoms with E-state index in [1.54, 1.807) is 24.6 Å². The van der Waals surface area contributed by atoms with Crippen molar-refractivity contribution in [1.82, 2.24) is 0 Å². The van der Waals surface area contributed by atoms with Gasteiger partial charge in [-0.25, -0.2) is 0 Å². The first-order chi connectivity index (χ1) is 12.8. The Kier molecular flexibility index (Phi) is 14.3. The van der Waals surface area contributed by atoms with Crippen LogP contribution in [0.1, 0.15) is 97.0 Å². The zero-order chi connectivity index (χ0) is 18.9. The lowest BCUT2D eigenvalue weighted by atomic mass is 10.1. The quantitative estimate of drug-likeness (QED) is 0.188. The number of rotatable bonds is 17. The van der Waals surface area contributed by atoms with Gasteiger partial charge in [-0.3, -0.25) is 0 Å². The van der Waals surface area contributed by atoms with Gasteiger partial charge in [0, 0.05) is 7.26 Å². The summed E-state index contributed by atoms with van der Waals surface area (Å²) in [6.07, 6.45) is 23.5. The average molecular weight is 378 g/mol. The van der Waals surface area contributed by atoms with Crippen LogP contribution >= 0.6 is 7.26 Å². The normalized spacial score (nSPS) is 11.8. The maximum absolute atomic E-state index is 2.38. The van der Waals surface area contributed by atoms with Gasteiger partial charge in [-0.2, -0.15) is 0 Å². The highest BCUT2D eigenvalue weighted by Crippen LogP contribution is 2.61. The molecule has 0 fully saturated rings. The number of hydrogen-bond donors (Lipinski definition) is 0. The lowest BCUT2D eigenvalue weighted by Gasteiger charge is -2.28. The number of hydrogen-bond acceptors (Lipinski definition) is 0. The van der Waals surface area contributed by atoms with E-state index in [2.05, 4.69) is 51.1 Å². The van der Waals surface area contributed by atoms with Gasteiger partial charge in [-0.1, -0.05) is 83.2 Å². The first-order valence-electron chi connectivity index (χ1n) is 11.7. The van der Waals surface area contributed by atoms with Gasteiger partial charge in [0.1, 0.15) is 0 Å². The fraction of sp³-hybridized carbons (Fsp3) is 0.760. The number of aryl methyl sites for hydroxylation is 1. The summed E-state index contributed by atoms with van der Waals surface area (Å²) in [5.41, 5.74) is 1.51. The van der Waals surface area contributed by atoms with E-state index in [-0.39, 0.29) is 0 Å². The SMILES string of the molecule is CCCC[P+](CCCC)(CCCC)CCCCCCCc1ccccc1. The Bertz CT molecular complexity index is 390. The van der Waals surface area contributed by atoms with Crippen molar-refractivity contribution in [2.45, 2.75) is 97.8 Å². The van der Waals surface area contributed by atoms with E-state index in [1.807, 2.05) is 0 Å². The van der Waals surface area contributed by atoms with Crippen LogP contribution in [-0.4, -0.2) is 24.6 Å². The first kappa shape index (κ1) is 23.7. The molecule has 1 aromatic carbocycles. The molecule has 0 saturated heterocycles. The highest BCUT2D eigenvalue weighted by atomic mass is 31.2. The standard InChI is InChI=1S/C25H46P/c1-4-7-21-26(22-8-5-2,23-9-6-3)24-17-12-10-11-14-18-25-19-15-13-16-20-25/h13,15-16,19-20H,4-12,14,17-18,21-24H2,1-3H3/q+1. The van der Waals surface area contributed by atoms with E-state index in [0.717, 1.165) is 0 Å². The molecule has 0 saturated carbocycles. The van der Waals surface area contributed by atoms with Gasteiger partial charge in [0.25, 0.3) is 0 Å². The van der Waals surface area contributed by atoms with Gasteiger partial charge < -0.3 is 0 Å². The van der Waals surface area contributed by atoms with E-state index in [0.29, 0.717) is 0 Å². The molecule has 0 heterocycles. The minimum atomic E-state index is -0.649. The van der Waals surface area contributed by atoms with E-state index >= 15 is 0 Å². The maximum Gasteiger partial charge on any atom is 0.0594 e. The molecule has 0 aliphatic heterocycles. The lowest BCUT2D eigenvalue weighted by molar-refractivity contribution is 0.632. The van der Waals surface area contributed by atoms with Crippen molar-refractivity contribution in [3.8, 4) is 0 Å². The van der Waals surface area contributed by atoms with Crippen LogP contribution in [0.4, 0.5) is 0 Å². The average Bonchev–Trinajstić information content (AvgIpc) is 2.68. The zero-order valence-electron chi connectivity index (χ0n) is 18.1. The molecule has 0 N–H and O–H groups in total. The highest BCUT2D eigenvalue weighted by molar-refractivity contribution is 7.75. The molecule has 1 rings (SSSR count). The predicted molar refractivity (Wildman–Crippen MR) is 124 cm³/mol. The number of unbranched alkanes of at least 4 members (excludes halogenated alkanes) is 7. The van der Waals surface area contributed by atoms with Crippen LogP contribution in [-0.2, 0) is 6.42 Å². The number of benzene rings is 1. The smallest absolute Gasteiger partial charge is 0.0594 e. The molecule has 0 bridgehead atoms. The summed E-state index contributed by atoms with van der Waals surface area (Å²) >= 11 is 0. The summed E-state index contributed by atoms with van der Waals surface area (Å²) in [6.45, 7) is 7.13. The molecule has 1 heteroatoms. The van der Waals surface area contributed by atoms with Crippen molar-refractivity contribution in [2.75, 3.05) is 24.6 Å². The summed E-state index contributed by atoms with van der Waals surface area (Å²) in [4.78, 5) is 0. The zero-order valence-corrected chi connectivity index (χ0v) is 19.0. The van der Waals surface area contributed by atoms with Crippen molar-refractivity contribution >= 4 is 7.26 Å². The van der Waals surface area contributed by atoms with Crippen LogP contribution in [0.5, 0.6) is 0 Å². The van der Waals surface area contributed by atoms with E-state index < -0.39 is 7.26 Å². The van der Waals surface area contributed by atoms with Gasteiger partial charge in [0.05, 0.1) is 24.6 Å². The Morgan fingerprint density at radius 2 is 1.00 bits per heavy atom. The van der Waals surface area contributed by atoms with Crippen molar-refractivity contribution < 1.29 is 0 Å². The Hall–Kier alpha value is -0.350. The Morgan fingerprint density at radius 1 is 0.538 bits per heavy atom. The van der Waals surface area contributed by atoms with Crippen LogP contribution in [0.25, 0.3) is 0 Å². The van der Waals surface area contributed by atoms with Crippen molar-refractivity contribution in [3.63, 3.8) is 0 Å². The summed E-state index contributed by atoms with van der Waals surface area (Å²) < 4.78 is 0. The van der Waals surface area contributed by atoms with E-state index in [4.69, 9.17) is 0 Å². The molecule has 0 aliphatic carbocycles. The third-order valence-electron chi connectivity index (χ3n) is 5.90. The predicted octanol–water partition coefficient (Wildman–Crippen LogP) is 8.60. The first-order valence-corrected chi connectivity index (χ1v) is 14.2. The molecule has 0 unspecified atom stereocenters. The van der Waals surface area contributed by atoms with Crippen molar-refractivity contribution in [2.24, 2.45) is 0 Å². The molecule has 0 spiro atoms. The molecule has 0 nitrogen and oxygen atoms in total. The third-order valence-corrected chi connectivity index (χ3v) is 11.0. The van der Waals surface area contributed by atoms with Crippen molar-refractivity contribution in [1.29, 1.82) is 0 Å². The second-order valence-corrected chi connectivity index (χ2v) is 12.8. The summed E-state index contributed by atoms with van der Waals surface area (Å²) in [5.74, 6) is 0. The van der Waals surface area contributed by atoms with Gasteiger partial charge in [-0.15, -0.1) is 0 Å².